The Morgan fingerprint density at radius 1 is 1.00 bits per heavy atom. The van der Waals surface area contributed by atoms with Gasteiger partial charge in [-0.25, -0.2) is 12.8 Å². The SMILES string of the molecule is CCCN(CCNc1ccc(C(O)CCCC(F)(F)F)cc1)C(=O)c1cc(S(C)(=O)=O)ccc1-c1ccc(F)cc1. The van der Waals surface area contributed by atoms with E-state index in [0.29, 0.717) is 48.4 Å². The lowest BCUT2D eigenvalue weighted by Crippen LogP contribution is -2.36. The molecular formula is C30H34F4N2O4S. The highest BCUT2D eigenvalue weighted by atomic mass is 32.2. The number of carbonyl (C=O) groups excluding carboxylic acids is 1. The van der Waals surface area contributed by atoms with Crippen molar-refractivity contribution in [3.05, 3.63) is 83.7 Å². The fraction of sp³-hybridized carbons (Fsp3) is 0.367. The van der Waals surface area contributed by atoms with Crippen LogP contribution in [0, 0.1) is 5.82 Å². The lowest BCUT2D eigenvalue weighted by molar-refractivity contribution is -0.136. The van der Waals surface area contributed by atoms with Crippen molar-refractivity contribution in [2.24, 2.45) is 0 Å². The van der Waals surface area contributed by atoms with Crippen LogP contribution in [0.4, 0.5) is 23.2 Å². The van der Waals surface area contributed by atoms with Gasteiger partial charge in [0.15, 0.2) is 9.84 Å². The second kappa shape index (κ2) is 14.0. The minimum Gasteiger partial charge on any atom is -0.388 e. The summed E-state index contributed by atoms with van der Waals surface area (Å²) in [5, 5.41) is 13.4. The summed E-state index contributed by atoms with van der Waals surface area (Å²) in [5.41, 5.74) is 2.47. The van der Waals surface area contributed by atoms with Gasteiger partial charge in [0.25, 0.3) is 5.91 Å². The van der Waals surface area contributed by atoms with Gasteiger partial charge < -0.3 is 15.3 Å². The Bertz CT molecular complexity index is 1410. The molecule has 6 nitrogen and oxygen atoms in total. The average molecular weight is 595 g/mol. The Balaban J connectivity index is 1.72. The van der Waals surface area contributed by atoms with Gasteiger partial charge in [-0.2, -0.15) is 13.2 Å². The van der Waals surface area contributed by atoms with Crippen LogP contribution >= 0.6 is 0 Å². The third-order valence-electron chi connectivity index (χ3n) is 6.53. The van der Waals surface area contributed by atoms with E-state index in [1.165, 1.54) is 36.4 Å². The first-order valence-corrected chi connectivity index (χ1v) is 15.2. The molecule has 3 aromatic rings. The standard InChI is InChI=1S/C30H34F4N2O4S/c1-3-18-36(19-17-35-24-12-8-22(9-13-24)28(37)5-4-16-30(32,33)34)29(38)27-20-25(41(2,39)40)14-15-26(27)21-6-10-23(31)11-7-21/h6-15,20,28,35,37H,3-5,16-19H2,1-2H3. The van der Waals surface area contributed by atoms with E-state index in [1.54, 1.807) is 35.2 Å². The fourth-order valence-electron chi connectivity index (χ4n) is 4.39. The van der Waals surface area contributed by atoms with Crippen molar-refractivity contribution in [3.8, 4) is 11.1 Å². The van der Waals surface area contributed by atoms with Crippen LogP contribution in [0.15, 0.2) is 71.6 Å². The Hall–Kier alpha value is -3.44. The molecule has 1 unspecified atom stereocenters. The zero-order valence-corrected chi connectivity index (χ0v) is 23.7. The number of halogens is 4. The zero-order valence-electron chi connectivity index (χ0n) is 22.9. The first-order valence-electron chi connectivity index (χ1n) is 13.3. The predicted octanol–water partition coefficient (Wildman–Crippen LogP) is 6.63. The van der Waals surface area contributed by atoms with Crippen molar-refractivity contribution >= 4 is 21.4 Å². The third-order valence-corrected chi connectivity index (χ3v) is 7.64. The molecule has 1 amide bonds. The summed E-state index contributed by atoms with van der Waals surface area (Å²) in [6, 6.07) is 16.6. The van der Waals surface area contributed by atoms with E-state index in [1.807, 2.05) is 6.92 Å². The summed E-state index contributed by atoms with van der Waals surface area (Å²) in [6.45, 7) is 2.98. The molecule has 0 aromatic heterocycles. The van der Waals surface area contributed by atoms with E-state index in [4.69, 9.17) is 0 Å². The summed E-state index contributed by atoms with van der Waals surface area (Å²) >= 11 is 0. The highest BCUT2D eigenvalue weighted by molar-refractivity contribution is 7.90. The number of amides is 1. The van der Waals surface area contributed by atoms with Gasteiger partial charge in [-0.05, 0) is 72.4 Å². The average Bonchev–Trinajstić information content (AvgIpc) is 2.91. The highest BCUT2D eigenvalue weighted by Gasteiger charge is 2.27. The van der Waals surface area contributed by atoms with Crippen molar-refractivity contribution in [1.29, 1.82) is 0 Å². The van der Waals surface area contributed by atoms with Gasteiger partial charge in [-0.3, -0.25) is 4.79 Å². The Labute approximate surface area is 237 Å². The van der Waals surface area contributed by atoms with Crippen molar-refractivity contribution in [2.45, 2.75) is 49.8 Å². The molecule has 3 rings (SSSR count). The number of carbonyl (C=O) groups is 1. The second-order valence-electron chi connectivity index (χ2n) is 9.85. The molecule has 1 atom stereocenters. The van der Waals surface area contributed by atoms with Crippen LogP contribution in [0.5, 0.6) is 0 Å². The number of anilines is 1. The number of nitrogens with zero attached hydrogens (tertiary/aromatic N) is 1. The Morgan fingerprint density at radius 3 is 2.24 bits per heavy atom. The third kappa shape index (κ3) is 9.57. The minimum absolute atomic E-state index is 0.000810. The molecule has 222 valence electrons. The molecule has 3 aromatic carbocycles. The molecule has 2 N–H and O–H groups in total. The molecule has 41 heavy (non-hydrogen) atoms. The van der Waals surface area contributed by atoms with Crippen molar-refractivity contribution < 1.29 is 35.9 Å². The number of nitrogens with one attached hydrogen (secondary N) is 1. The van der Waals surface area contributed by atoms with Gasteiger partial charge >= 0.3 is 6.18 Å². The van der Waals surface area contributed by atoms with E-state index in [9.17, 15) is 35.9 Å². The van der Waals surface area contributed by atoms with Crippen LogP contribution in [-0.4, -0.2) is 56.4 Å². The number of hydrogen-bond donors (Lipinski definition) is 2. The molecule has 0 aliphatic rings. The molecule has 0 saturated heterocycles. The minimum atomic E-state index is -4.25. The zero-order chi connectivity index (χ0) is 30.2. The van der Waals surface area contributed by atoms with Gasteiger partial charge in [0.05, 0.1) is 11.0 Å². The lowest BCUT2D eigenvalue weighted by atomic mass is 9.98. The monoisotopic (exact) mass is 594 g/mol. The number of benzene rings is 3. The number of rotatable bonds is 13. The number of alkyl halides is 3. The van der Waals surface area contributed by atoms with Crippen LogP contribution in [-0.2, 0) is 9.84 Å². The molecule has 0 heterocycles. The maximum atomic E-state index is 13.7. The molecule has 0 bridgehead atoms. The summed E-state index contributed by atoms with van der Waals surface area (Å²) in [4.78, 5) is 15.3. The van der Waals surface area contributed by atoms with Gasteiger partial charge in [0.1, 0.15) is 5.82 Å². The van der Waals surface area contributed by atoms with Gasteiger partial charge in [-0.1, -0.05) is 37.3 Å². The summed E-state index contributed by atoms with van der Waals surface area (Å²) in [5.74, 6) is -0.798. The number of aliphatic hydroxyl groups is 1. The number of aliphatic hydroxyl groups excluding tert-OH is 1. The smallest absolute Gasteiger partial charge is 0.388 e. The van der Waals surface area contributed by atoms with Gasteiger partial charge in [0.2, 0.25) is 0 Å². The normalized spacial score (nSPS) is 12.7. The van der Waals surface area contributed by atoms with E-state index in [-0.39, 0.29) is 29.2 Å². The number of hydrogen-bond acceptors (Lipinski definition) is 5. The van der Waals surface area contributed by atoms with Crippen molar-refractivity contribution in [3.63, 3.8) is 0 Å². The Morgan fingerprint density at radius 2 is 1.66 bits per heavy atom. The van der Waals surface area contributed by atoms with Crippen LogP contribution in [0.1, 0.15) is 54.6 Å². The first kappa shape index (κ1) is 32.1. The summed E-state index contributed by atoms with van der Waals surface area (Å²) < 4.78 is 75.1. The van der Waals surface area contributed by atoms with Crippen molar-refractivity contribution in [1.82, 2.24) is 4.90 Å². The van der Waals surface area contributed by atoms with Gasteiger partial charge in [0, 0.05) is 43.6 Å². The molecule has 0 aliphatic heterocycles. The van der Waals surface area contributed by atoms with Crippen molar-refractivity contribution in [2.75, 3.05) is 31.2 Å². The highest BCUT2D eigenvalue weighted by Crippen LogP contribution is 2.29. The molecular weight excluding hydrogens is 560 g/mol. The Kier molecular flexibility index (Phi) is 10.9. The predicted molar refractivity (Wildman–Crippen MR) is 151 cm³/mol. The summed E-state index contributed by atoms with van der Waals surface area (Å²) in [6.07, 6.45) is -4.64. The maximum Gasteiger partial charge on any atom is 0.389 e. The van der Waals surface area contributed by atoms with Crippen LogP contribution in [0.2, 0.25) is 0 Å². The fourth-order valence-corrected chi connectivity index (χ4v) is 5.04. The molecule has 0 spiro atoms. The van der Waals surface area contributed by atoms with Crippen LogP contribution in [0.25, 0.3) is 11.1 Å². The molecule has 11 heteroatoms. The second-order valence-corrected chi connectivity index (χ2v) is 11.9. The van der Waals surface area contributed by atoms with Crippen LogP contribution < -0.4 is 5.32 Å². The maximum absolute atomic E-state index is 13.7. The van der Waals surface area contributed by atoms with E-state index >= 15 is 0 Å². The summed E-state index contributed by atoms with van der Waals surface area (Å²) in [7, 11) is -3.59. The van der Waals surface area contributed by atoms with E-state index in [0.717, 1.165) is 6.26 Å². The first-order chi connectivity index (χ1) is 19.3. The molecule has 0 radical (unpaired) electrons. The van der Waals surface area contributed by atoms with E-state index in [2.05, 4.69) is 5.32 Å². The topological polar surface area (TPSA) is 86.7 Å². The van der Waals surface area contributed by atoms with Gasteiger partial charge in [-0.15, -0.1) is 0 Å². The molecule has 0 saturated carbocycles. The number of sulfone groups is 1. The van der Waals surface area contributed by atoms with Crippen LogP contribution in [0.3, 0.4) is 0 Å². The lowest BCUT2D eigenvalue weighted by Gasteiger charge is -2.24. The molecule has 0 aliphatic carbocycles. The molecule has 0 fully saturated rings. The van der Waals surface area contributed by atoms with E-state index < -0.39 is 34.4 Å². The quantitative estimate of drug-likeness (QED) is 0.217. The largest absolute Gasteiger partial charge is 0.389 e.